The number of hydrogen-bond acceptors (Lipinski definition) is 3. The molecule has 23 heavy (non-hydrogen) atoms. The number of likely N-dealkylation sites (tertiary alicyclic amines) is 1. The van der Waals surface area contributed by atoms with Gasteiger partial charge in [-0.25, -0.2) is 14.5 Å². The first-order chi connectivity index (χ1) is 11.3. The van der Waals surface area contributed by atoms with E-state index in [9.17, 15) is 4.79 Å². The van der Waals surface area contributed by atoms with E-state index in [0.717, 1.165) is 25.2 Å². The molecule has 1 N–H and O–H groups in total. The number of fused-ring (bicyclic) bond motifs is 1. The minimum Gasteiger partial charge on any atom is -0.321 e. The number of aromatic nitrogens is 3. The lowest BCUT2D eigenvalue weighted by Gasteiger charge is -2.37. The van der Waals surface area contributed by atoms with Crippen LogP contribution in [0.5, 0.6) is 0 Å². The lowest BCUT2D eigenvalue weighted by Crippen LogP contribution is -2.48. The summed E-state index contributed by atoms with van der Waals surface area (Å²) in [7, 11) is 0. The Morgan fingerprint density at radius 1 is 1.22 bits per heavy atom. The summed E-state index contributed by atoms with van der Waals surface area (Å²) in [6.45, 7) is 0.862. The number of rotatable bonds is 2. The molecule has 2 atom stereocenters. The maximum Gasteiger partial charge on any atom is 0.322 e. The number of nitrogens with one attached hydrogen (secondary N) is 1. The summed E-state index contributed by atoms with van der Waals surface area (Å²) in [5.74, 6) is 1.44. The van der Waals surface area contributed by atoms with Gasteiger partial charge in [-0.3, -0.25) is 0 Å². The summed E-state index contributed by atoms with van der Waals surface area (Å²) >= 11 is 0. The van der Waals surface area contributed by atoms with Gasteiger partial charge in [0.2, 0.25) is 0 Å². The molecule has 1 aliphatic carbocycles. The molecule has 0 bridgehead atoms. The van der Waals surface area contributed by atoms with Gasteiger partial charge in [0.1, 0.15) is 0 Å². The second-order valence-electron chi connectivity index (χ2n) is 6.39. The van der Waals surface area contributed by atoms with Crippen molar-refractivity contribution in [1.29, 1.82) is 0 Å². The first-order valence-electron chi connectivity index (χ1n) is 8.35. The van der Waals surface area contributed by atoms with E-state index in [1.807, 2.05) is 23.1 Å². The highest BCUT2D eigenvalue weighted by Crippen LogP contribution is 2.36. The van der Waals surface area contributed by atoms with Crippen molar-refractivity contribution in [3.63, 3.8) is 0 Å². The summed E-state index contributed by atoms with van der Waals surface area (Å²) in [6.07, 6.45) is 11.2. The highest BCUT2D eigenvalue weighted by Gasteiger charge is 2.37. The van der Waals surface area contributed by atoms with Gasteiger partial charge in [-0.2, -0.15) is 5.10 Å². The van der Waals surface area contributed by atoms with Gasteiger partial charge in [0.15, 0.2) is 5.82 Å². The zero-order chi connectivity index (χ0) is 15.6. The molecule has 2 aromatic heterocycles. The van der Waals surface area contributed by atoms with Crippen molar-refractivity contribution in [3.8, 4) is 5.82 Å². The van der Waals surface area contributed by atoms with E-state index < -0.39 is 0 Å². The third-order valence-electron chi connectivity index (χ3n) is 4.97. The SMILES string of the molecule is O=C(Nc1cnn(-c2ccccn2)c1)N1CCC[C@@H]2CCC[C@H]21. The number of nitrogens with zero attached hydrogens (tertiary/aromatic N) is 4. The smallest absolute Gasteiger partial charge is 0.321 e. The van der Waals surface area contributed by atoms with Crippen molar-refractivity contribution in [2.45, 2.75) is 38.1 Å². The summed E-state index contributed by atoms with van der Waals surface area (Å²) in [4.78, 5) is 18.9. The summed E-state index contributed by atoms with van der Waals surface area (Å²) in [5, 5.41) is 7.26. The number of piperidine rings is 1. The maximum atomic E-state index is 12.6. The van der Waals surface area contributed by atoms with Crippen LogP contribution in [0.4, 0.5) is 10.5 Å². The van der Waals surface area contributed by atoms with Crippen LogP contribution in [0, 0.1) is 5.92 Å². The topological polar surface area (TPSA) is 63.1 Å². The van der Waals surface area contributed by atoms with Crippen LogP contribution in [0.3, 0.4) is 0 Å². The van der Waals surface area contributed by atoms with Gasteiger partial charge in [0.25, 0.3) is 0 Å². The number of urea groups is 1. The Labute approximate surface area is 135 Å². The molecule has 1 saturated carbocycles. The van der Waals surface area contributed by atoms with Crippen molar-refractivity contribution < 1.29 is 4.79 Å². The number of amides is 2. The van der Waals surface area contributed by atoms with Gasteiger partial charge < -0.3 is 10.2 Å². The number of carbonyl (C=O) groups is 1. The van der Waals surface area contributed by atoms with Crippen molar-refractivity contribution in [1.82, 2.24) is 19.7 Å². The second kappa shape index (κ2) is 6.02. The van der Waals surface area contributed by atoms with E-state index >= 15 is 0 Å². The third-order valence-corrected chi connectivity index (χ3v) is 4.97. The average molecular weight is 311 g/mol. The highest BCUT2D eigenvalue weighted by atomic mass is 16.2. The van der Waals surface area contributed by atoms with Crippen molar-refractivity contribution in [2.24, 2.45) is 5.92 Å². The van der Waals surface area contributed by atoms with Crippen LogP contribution in [0.1, 0.15) is 32.1 Å². The molecule has 3 heterocycles. The second-order valence-corrected chi connectivity index (χ2v) is 6.39. The molecule has 2 fully saturated rings. The molecule has 0 aromatic carbocycles. The monoisotopic (exact) mass is 311 g/mol. The molecule has 6 heteroatoms. The van der Waals surface area contributed by atoms with Crippen LogP contribution in [-0.2, 0) is 0 Å². The minimum absolute atomic E-state index is 0.00201. The molecule has 4 rings (SSSR count). The molecule has 1 aliphatic heterocycles. The molecule has 1 saturated heterocycles. The van der Waals surface area contributed by atoms with E-state index in [4.69, 9.17) is 0 Å². The van der Waals surface area contributed by atoms with E-state index in [-0.39, 0.29) is 6.03 Å². The number of pyridine rings is 1. The van der Waals surface area contributed by atoms with Crippen LogP contribution in [0.25, 0.3) is 5.82 Å². The zero-order valence-electron chi connectivity index (χ0n) is 13.1. The minimum atomic E-state index is 0.00201. The van der Waals surface area contributed by atoms with E-state index in [1.54, 1.807) is 23.3 Å². The predicted molar refractivity (Wildman–Crippen MR) is 87.4 cm³/mol. The van der Waals surface area contributed by atoms with E-state index in [2.05, 4.69) is 15.4 Å². The van der Waals surface area contributed by atoms with Gasteiger partial charge in [-0.15, -0.1) is 0 Å². The molecule has 0 radical (unpaired) electrons. The molecule has 2 amide bonds. The van der Waals surface area contributed by atoms with Crippen LogP contribution >= 0.6 is 0 Å². The van der Waals surface area contributed by atoms with Crippen LogP contribution in [0.2, 0.25) is 0 Å². The standard InChI is InChI=1S/C17H21N5O/c23-17(21-10-4-6-13-5-3-7-15(13)21)20-14-11-19-22(12-14)16-8-1-2-9-18-16/h1-2,8-9,11-13,15H,3-7,10H2,(H,20,23)/t13-,15+/m0/s1. The third kappa shape index (κ3) is 2.81. The molecule has 120 valence electrons. The van der Waals surface area contributed by atoms with Crippen LogP contribution in [-0.4, -0.2) is 38.3 Å². The summed E-state index contributed by atoms with van der Waals surface area (Å²) in [6, 6.07) is 6.09. The van der Waals surface area contributed by atoms with Gasteiger partial charge in [0.05, 0.1) is 18.1 Å². The average Bonchev–Trinajstić information content (AvgIpc) is 3.24. The number of carbonyl (C=O) groups excluding carboxylic acids is 1. The quantitative estimate of drug-likeness (QED) is 0.927. The molecule has 2 aliphatic rings. The fourth-order valence-corrected chi connectivity index (χ4v) is 3.90. The molecular formula is C17H21N5O. The molecule has 0 spiro atoms. The zero-order valence-corrected chi connectivity index (χ0v) is 13.1. The first-order valence-corrected chi connectivity index (χ1v) is 8.35. The largest absolute Gasteiger partial charge is 0.322 e. The van der Waals surface area contributed by atoms with Gasteiger partial charge in [-0.1, -0.05) is 12.5 Å². The molecule has 2 aromatic rings. The van der Waals surface area contributed by atoms with E-state index in [1.165, 1.54) is 19.3 Å². The Bertz CT molecular complexity index is 683. The number of anilines is 1. The Morgan fingerprint density at radius 2 is 2.13 bits per heavy atom. The lowest BCUT2D eigenvalue weighted by molar-refractivity contribution is 0.138. The van der Waals surface area contributed by atoms with Gasteiger partial charge >= 0.3 is 6.03 Å². The number of hydrogen-bond donors (Lipinski definition) is 1. The van der Waals surface area contributed by atoms with Crippen molar-refractivity contribution >= 4 is 11.7 Å². The molecule has 6 nitrogen and oxygen atoms in total. The maximum absolute atomic E-state index is 12.6. The molecule has 0 unspecified atom stereocenters. The van der Waals surface area contributed by atoms with Gasteiger partial charge in [-0.05, 0) is 43.7 Å². The Balaban J connectivity index is 1.46. The Kier molecular flexibility index (Phi) is 3.73. The Hall–Kier alpha value is -2.37. The summed E-state index contributed by atoms with van der Waals surface area (Å²) < 4.78 is 1.67. The normalized spacial score (nSPS) is 23.6. The van der Waals surface area contributed by atoms with Crippen molar-refractivity contribution in [3.05, 3.63) is 36.8 Å². The fraction of sp³-hybridized carbons (Fsp3) is 0.471. The van der Waals surface area contributed by atoms with Crippen LogP contribution in [0.15, 0.2) is 36.8 Å². The Morgan fingerprint density at radius 3 is 3.00 bits per heavy atom. The first kappa shape index (κ1) is 14.2. The molecular weight excluding hydrogens is 290 g/mol. The van der Waals surface area contributed by atoms with Crippen LogP contribution < -0.4 is 5.32 Å². The fourth-order valence-electron chi connectivity index (χ4n) is 3.90. The van der Waals surface area contributed by atoms with Crippen molar-refractivity contribution in [2.75, 3.05) is 11.9 Å². The van der Waals surface area contributed by atoms with Gasteiger partial charge in [0, 0.05) is 18.8 Å². The lowest BCUT2D eigenvalue weighted by atomic mass is 9.92. The van der Waals surface area contributed by atoms with E-state index in [0.29, 0.717) is 17.6 Å². The predicted octanol–water partition coefficient (Wildman–Crippen LogP) is 3.06. The summed E-state index contributed by atoms with van der Waals surface area (Å²) in [5.41, 5.74) is 0.709. The highest BCUT2D eigenvalue weighted by molar-refractivity contribution is 5.89.